The van der Waals surface area contributed by atoms with Crippen molar-refractivity contribution in [3.05, 3.63) is 79.4 Å². The average molecular weight is 433 g/mol. The van der Waals surface area contributed by atoms with E-state index < -0.39 is 20.5 Å². The first-order valence-corrected chi connectivity index (χ1v) is 9.67. The van der Waals surface area contributed by atoms with Crippen LogP contribution in [0.25, 0.3) is 16.8 Å². The Morgan fingerprint density at radius 1 is 0.571 bits per heavy atom. The number of aromatic nitrogens is 2. The number of halogens is 2. The van der Waals surface area contributed by atoms with Crippen LogP contribution in [0, 0.1) is 20.5 Å². The summed E-state index contributed by atoms with van der Waals surface area (Å²) in [6, 6.07) is 18.7. The Kier molecular flexibility index (Phi) is 9.31. The number of nitrogens with zero attached hydrogens (tertiary/aromatic N) is 1. The Morgan fingerprint density at radius 3 is 1.39 bits per heavy atom. The minimum absolute atomic E-state index is 1.17. The summed E-state index contributed by atoms with van der Waals surface area (Å²) >= 11 is 0. The van der Waals surface area contributed by atoms with Crippen LogP contribution in [-0.2, 0) is 0 Å². The summed E-state index contributed by atoms with van der Waals surface area (Å²) in [5.74, 6) is 0. The van der Waals surface area contributed by atoms with Crippen molar-refractivity contribution in [3.63, 3.8) is 0 Å². The highest BCUT2D eigenvalue weighted by molar-refractivity contribution is 5.61. The monoisotopic (exact) mass is 432 g/mol. The zero-order chi connectivity index (χ0) is 21.2. The number of hydrogen-bond acceptors (Lipinski definition) is 8. The van der Waals surface area contributed by atoms with Gasteiger partial charge < -0.3 is 0 Å². The van der Waals surface area contributed by atoms with Crippen molar-refractivity contribution in [1.29, 1.82) is 0 Å². The lowest BCUT2D eigenvalue weighted by Gasteiger charge is -2.17. The van der Waals surface area contributed by atoms with Gasteiger partial charge in [-0.15, -0.1) is 20.5 Å². The van der Waals surface area contributed by atoms with E-state index in [0.717, 1.165) is 0 Å². The summed E-state index contributed by atoms with van der Waals surface area (Å²) < 4.78 is 70.1. The summed E-state index contributed by atoms with van der Waals surface area (Å²) in [6.45, 7) is 0. The lowest BCUT2D eigenvalue weighted by molar-refractivity contribution is -2.00. The third kappa shape index (κ3) is 12.2. The molecule has 1 aromatic carbocycles. The third-order valence-electron chi connectivity index (χ3n) is 2.94. The van der Waals surface area contributed by atoms with Crippen LogP contribution < -0.4 is 46.8 Å². The molecular formula is C16H14Cl2N2O8. The minimum Gasteiger partial charge on any atom is -0.222 e. The molecule has 3 aromatic rings. The standard InChI is InChI=1S/C16H13N2.2ClHO4/c1-2-4-16(5-3-1)18-12-8-15(9-13-18)14-6-10-17-11-7-14;2*2-1(3,4)5/h1-13H;2*(H,2,3,4,5)/q+1;;/p-1. The molecule has 0 amide bonds. The highest BCUT2D eigenvalue weighted by atomic mass is 35.7. The Hall–Kier alpha value is -2.22. The number of pyridine rings is 2. The Labute approximate surface area is 163 Å². The van der Waals surface area contributed by atoms with Crippen LogP contribution in [0.2, 0.25) is 0 Å². The van der Waals surface area contributed by atoms with Gasteiger partial charge in [-0.2, -0.15) is 4.57 Å². The molecule has 0 aliphatic rings. The second-order valence-corrected chi connectivity index (χ2v) is 6.39. The predicted octanol–water partition coefficient (Wildman–Crippen LogP) is -7.07. The van der Waals surface area contributed by atoms with E-state index in [2.05, 4.69) is 58.3 Å². The molecule has 150 valence electrons. The largest absolute Gasteiger partial charge is 0.222 e. The molecule has 0 radical (unpaired) electrons. The summed E-state index contributed by atoms with van der Waals surface area (Å²) in [7, 11) is -9.89. The fourth-order valence-corrected chi connectivity index (χ4v) is 1.97. The molecule has 0 unspecified atom stereocenters. The van der Waals surface area contributed by atoms with Crippen molar-refractivity contribution in [2.45, 2.75) is 0 Å². The lowest BCUT2D eigenvalue weighted by Crippen LogP contribution is -2.68. The van der Waals surface area contributed by atoms with Crippen LogP contribution >= 0.6 is 0 Å². The fourth-order valence-electron chi connectivity index (χ4n) is 1.97. The number of nitrogens with one attached hydrogen (secondary N) is 1. The minimum atomic E-state index is -4.94. The molecule has 28 heavy (non-hydrogen) atoms. The first-order chi connectivity index (χ1) is 12.9. The van der Waals surface area contributed by atoms with Gasteiger partial charge in [-0.05, 0) is 11.1 Å². The van der Waals surface area contributed by atoms with Crippen molar-refractivity contribution < 1.29 is 67.3 Å². The highest BCUT2D eigenvalue weighted by Crippen LogP contribution is 2.15. The van der Waals surface area contributed by atoms with Crippen molar-refractivity contribution >= 4 is 0 Å². The molecule has 0 fully saturated rings. The maximum Gasteiger partial charge on any atom is 0.210 e. The number of H-pyrrole nitrogens is 1. The number of rotatable bonds is 2. The van der Waals surface area contributed by atoms with Gasteiger partial charge in [0.05, 0.1) is 0 Å². The molecule has 1 N–H and O–H groups in total. The van der Waals surface area contributed by atoms with Gasteiger partial charge in [-0.3, -0.25) is 0 Å². The van der Waals surface area contributed by atoms with Crippen LogP contribution in [0.1, 0.15) is 0 Å². The topological polar surface area (TPSA) is 202 Å². The smallest absolute Gasteiger partial charge is 0.210 e. The van der Waals surface area contributed by atoms with Crippen LogP contribution in [0.3, 0.4) is 0 Å². The Morgan fingerprint density at radius 2 is 0.964 bits per heavy atom. The summed E-state index contributed by atoms with van der Waals surface area (Å²) in [5.41, 5.74) is 3.61. The second kappa shape index (κ2) is 10.9. The molecule has 0 atom stereocenters. The SMILES string of the molecule is [O-][Cl+3]([O-])([O-])[O-].[O-][Cl+3]([O-])([O-])[O-].c1ccc(-[n+]2ccc(-c3cc[nH+]cc3)cc2)cc1. The predicted molar refractivity (Wildman–Crippen MR) is 70.0 cm³/mol. The van der Waals surface area contributed by atoms with Crippen LogP contribution in [-0.4, -0.2) is 0 Å². The molecule has 2 heterocycles. The molecule has 0 spiro atoms. The Balaban J connectivity index is 0.000000329. The van der Waals surface area contributed by atoms with E-state index in [1.807, 2.05) is 30.6 Å². The van der Waals surface area contributed by atoms with Gasteiger partial charge in [-0.1, -0.05) is 18.2 Å². The number of benzene rings is 1. The third-order valence-corrected chi connectivity index (χ3v) is 2.94. The zero-order valence-electron chi connectivity index (χ0n) is 14.0. The lowest BCUT2D eigenvalue weighted by atomic mass is 10.1. The van der Waals surface area contributed by atoms with Gasteiger partial charge >= 0.3 is 0 Å². The fraction of sp³-hybridized carbons (Fsp3) is 0. The molecular weight excluding hydrogens is 419 g/mol. The van der Waals surface area contributed by atoms with Gasteiger partial charge in [0.1, 0.15) is 0 Å². The van der Waals surface area contributed by atoms with E-state index in [0.29, 0.717) is 0 Å². The molecule has 12 heteroatoms. The molecule has 3 rings (SSSR count). The van der Waals surface area contributed by atoms with E-state index in [-0.39, 0.29) is 0 Å². The quantitative estimate of drug-likeness (QED) is 0.354. The molecule has 0 bridgehead atoms. The van der Waals surface area contributed by atoms with E-state index in [9.17, 15) is 0 Å². The average Bonchev–Trinajstić information content (AvgIpc) is 2.61. The zero-order valence-corrected chi connectivity index (χ0v) is 15.5. The van der Waals surface area contributed by atoms with Crippen molar-refractivity contribution in [3.8, 4) is 16.8 Å². The summed E-state index contributed by atoms with van der Waals surface area (Å²) in [5, 5.41) is 0. The number of aromatic amines is 1. The molecule has 0 saturated carbocycles. The van der Waals surface area contributed by atoms with Crippen LogP contribution in [0.5, 0.6) is 0 Å². The van der Waals surface area contributed by atoms with Crippen LogP contribution in [0.4, 0.5) is 0 Å². The highest BCUT2D eigenvalue weighted by Gasteiger charge is 2.05. The van der Waals surface area contributed by atoms with Gasteiger partial charge in [0, 0.05) is 36.4 Å². The summed E-state index contributed by atoms with van der Waals surface area (Å²) in [6.07, 6.45) is 8.05. The van der Waals surface area contributed by atoms with E-state index in [1.165, 1.54) is 16.8 Å². The summed E-state index contributed by atoms with van der Waals surface area (Å²) in [4.78, 5) is 3.03. The van der Waals surface area contributed by atoms with Gasteiger partial charge in [0.25, 0.3) is 0 Å². The van der Waals surface area contributed by atoms with Crippen molar-refractivity contribution in [2.24, 2.45) is 0 Å². The molecule has 10 nitrogen and oxygen atoms in total. The first-order valence-electron chi connectivity index (χ1n) is 7.20. The number of hydrogen-bond donors (Lipinski definition) is 0. The molecule has 0 aliphatic heterocycles. The van der Waals surface area contributed by atoms with E-state index in [4.69, 9.17) is 37.3 Å². The van der Waals surface area contributed by atoms with Gasteiger partial charge in [-0.25, -0.2) is 42.3 Å². The molecule has 0 saturated heterocycles. The molecule has 2 aromatic heterocycles. The van der Waals surface area contributed by atoms with E-state index >= 15 is 0 Å². The van der Waals surface area contributed by atoms with Crippen LogP contribution in [0.15, 0.2) is 79.4 Å². The normalized spacial score (nSPS) is 10.9. The second-order valence-electron chi connectivity index (χ2n) is 4.87. The Bertz CT molecular complexity index is 728. The van der Waals surface area contributed by atoms with Crippen molar-refractivity contribution in [2.75, 3.05) is 0 Å². The maximum atomic E-state index is 8.49. The van der Waals surface area contributed by atoms with Gasteiger partial charge in [0.2, 0.25) is 5.69 Å². The number of para-hydroxylation sites is 1. The van der Waals surface area contributed by atoms with Gasteiger partial charge in [0.15, 0.2) is 24.8 Å². The maximum absolute atomic E-state index is 8.49. The molecule has 0 aliphatic carbocycles. The van der Waals surface area contributed by atoms with Crippen molar-refractivity contribution in [1.82, 2.24) is 0 Å². The van der Waals surface area contributed by atoms with E-state index in [1.54, 1.807) is 0 Å². The first kappa shape index (κ1) is 23.8.